The summed E-state index contributed by atoms with van der Waals surface area (Å²) in [6.45, 7) is 2.02. The van der Waals surface area contributed by atoms with E-state index in [1.807, 2.05) is 0 Å². The summed E-state index contributed by atoms with van der Waals surface area (Å²) in [6.07, 6.45) is 8.05. The van der Waals surface area contributed by atoms with E-state index >= 15 is 0 Å². The number of hydrogen-bond donors (Lipinski definition) is 0. The summed E-state index contributed by atoms with van der Waals surface area (Å²) in [7, 11) is 0. The van der Waals surface area contributed by atoms with Crippen molar-refractivity contribution in [1.82, 2.24) is 9.78 Å². The Morgan fingerprint density at radius 2 is 2.22 bits per heavy atom. The van der Waals surface area contributed by atoms with Crippen LogP contribution in [-0.2, 0) is 4.74 Å². The summed E-state index contributed by atoms with van der Waals surface area (Å²) in [5.41, 5.74) is 0.455. The first-order valence-corrected chi connectivity index (χ1v) is 6.47. The number of aromatic nitrogens is 2. The third-order valence-corrected chi connectivity index (χ3v) is 3.30. The van der Waals surface area contributed by atoms with Crippen molar-refractivity contribution in [2.24, 2.45) is 0 Å². The maximum atomic E-state index is 11.7. The third-order valence-electron chi connectivity index (χ3n) is 3.30. The van der Waals surface area contributed by atoms with Crippen LogP contribution in [0.5, 0.6) is 0 Å². The van der Waals surface area contributed by atoms with E-state index in [9.17, 15) is 9.59 Å². The maximum absolute atomic E-state index is 11.7. The fourth-order valence-corrected chi connectivity index (χ4v) is 2.38. The van der Waals surface area contributed by atoms with E-state index in [2.05, 4.69) is 5.10 Å². The molecule has 98 valence electrons. The number of aldehydes is 1. The molecule has 1 aliphatic rings. The molecule has 5 heteroatoms. The Morgan fingerprint density at radius 1 is 1.50 bits per heavy atom. The van der Waals surface area contributed by atoms with E-state index < -0.39 is 5.97 Å². The van der Waals surface area contributed by atoms with Crippen LogP contribution in [0.3, 0.4) is 0 Å². The van der Waals surface area contributed by atoms with Gasteiger partial charge in [-0.05, 0) is 19.8 Å². The van der Waals surface area contributed by atoms with Gasteiger partial charge >= 0.3 is 5.97 Å². The number of esters is 1. The largest absolute Gasteiger partial charge is 0.461 e. The molecule has 18 heavy (non-hydrogen) atoms. The molecule has 1 fully saturated rings. The lowest BCUT2D eigenvalue weighted by atomic mass is 9.96. The minimum atomic E-state index is -0.519. The van der Waals surface area contributed by atoms with Crippen LogP contribution >= 0.6 is 0 Å². The van der Waals surface area contributed by atoms with Gasteiger partial charge in [0.2, 0.25) is 0 Å². The number of hydrogen-bond acceptors (Lipinski definition) is 4. The van der Waals surface area contributed by atoms with Gasteiger partial charge in [0.05, 0.1) is 18.2 Å². The van der Waals surface area contributed by atoms with Gasteiger partial charge in [0.25, 0.3) is 0 Å². The van der Waals surface area contributed by atoms with Crippen molar-refractivity contribution in [1.29, 1.82) is 0 Å². The second-order valence-electron chi connectivity index (χ2n) is 4.54. The molecular formula is C13H18N2O3. The molecule has 1 aromatic heterocycles. The molecule has 5 nitrogen and oxygen atoms in total. The molecule has 0 saturated heterocycles. The fourth-order valence-electron chi connectivity index (χ4n) is 2.38. The standard InChI is InChI=1S/C13H18N2O3/c1-2-18-13(17)12-10(9-16)8-15(14-12)11-6-4-3-5-7-11/h8-9,11H,2-7H2,1H3. The number of carbonyl (C=O) groups is 2. The van der Waals surface area contributed by atoms with Crippen LogP contribution in [0.1, 0.15) is 65.9 Å². The van der Waals surface area contributed by atoms with E-state index in [0.29, 0.717) is 17.9 Å². The monoisotopic (exact) mass is 250 g/mol. The van der Waals surface area contributed by atoms with E-state index in [1.165, 1.54) is 19.3 Å². The Labute approximate surface area is 106 Å². The van der Waals surface area contributed by atoms with Gasteiger partial charge in [-0.3, -0.25) is 9.48 Å². The molecular weight excluding hydrogens is 232 g/mol. The lowest BCUT2D eigenvalue weighted by Crippen LogP contribution is -2.14. The highest BCUT2D eigenvalue weighted by Gasteiger charge is 2.22. The molecule has 0 atom stereocenters. The highest BCUT2D eigenvalue weighted by molar-refractivity contribution is 5.96. The van der Waals surface area contributed by atoms with Crippen molar-refractivity contribution in [3.63, 3.8) is 0 Å². The summed E-state index contributed by atoms with van der Waals surface area (Å²) < 4.78 is 6.66. The highest BCUT2D eigenvalue weighted by Crippen LogP contribution is 2.28. The minimum Gasteiger partial charge on any atom is -0.461 e. The molecule has 0 aromatic carbocycles. The van der Waals surface area contributed by atoms with E-state index in [1.54, 1.807) is 17.8 Å². The predicted octanol–water partition coefficient (Wildman–Crippen LogP) is 2.38. The summed E-state index contributed by atoms with van der Waals surface area (Å²) in [4.78, 5) is 22.6. The number of ether oxygens (including phenoxy) is 1. The van der Waals surface area contributed by atoms with Crippen LogP contribution in [0.2, 0.25) is 0 Å². The van der Waals surface area contributed by atoms with Gasteiger partial charge in [0, 0.05) is 6.20 Å². The topological polar surface area (TPSA) is 61.2 Å². The second-order valence-corrected chi connectivity index (χ2v) is 4.54. The molecule has 1 heterocycles. The molecule has 1 aliphatic carbocycles. The number of carbonyl (C=O) groups excluding carboxylic acids is 2. The van der Waals surface area contributed by atoms with Crippen molar-refractivity contribution in [2.75, 3.05) is 6.61 Å². The second kappa shape index (κ2) is 5.80. The average Bonchev–Trinajstić information content (AvgIpc) is 2.84. The Balaban J connectivity index is 2.22. The van der Waals surface area contributed by atoms with Gasteiger partial charge in [0.1, 0.15) is 0 Å². The molecule has 1 saturated carbocycles. The zero-order valence-electron chi connectivity index (χ0n) is 10.6. The van der Waals surface area contributed by atoms with E-state index in [-0.39, 0.29) is 12.3 Å². The molecule has 0 bridgehead atoms. The van der Waals surface area contributed by atoms with Crippen LogP contribution in [-0.4, -0.2) is 28.6 Å². The van der Waals surface area contributed by atoms with Gasteiger partial charge < -0.3 is 4.74 Å². The highest BCUT2D eigenvalue weighted by atomic mass is 16.5. The lowest BCUT2D eigenvalue weighted by Gasteiger charge is -2.21. The smallest absolute Gasteiger partial charge is 0.359 e. The quantitative estimate of drug-likeness (QED) is 0.608. The molecule has 0 spiro atoms. The number of nitrogens with zero attached hydrogens (tertiary/aromatic N) is 2. The zero-order chi connectivity index (χ0) is 13.0. The molecule has 0 unspecified atom stereocenters. The predicted molar refractivity (Wildman–Crippen MR) is 65.7 cm³/mol. The first-order valence-electron chi connectivity index (χ1n) is 6.47. The van der Waals surface area contributed by atoms with Crippen LogP contribution < -0.4 is 0 Å². The van der Waals surface area contributed by atoms with Crippen molar-refractivity contribution in [3.8, 4) is 0 Å². The SMILES string of the molecule is CCOC(=O)c1nn(C2CCCCC2)cc1C=O. The van der Waals surface area contributed by atoms with Gasteiger partial charge in [-0.1, -0.05) is 19.3 Å². The zero-order valence-corrected chi connectivity index (χ0v) is 10.6. The normalized spacial score (nSPS) is 16.5. The average molecular weight is 250 g/mol. The number of rotatable bonds is 4. The van der Waals surface area contributed by atoms with Gasteiger partial charge in [-0.2, -0.15) is 5.10 Å². The summed E-state index contributed by atoms with van der Waals surface area (Å²) in [5, 5.41) is 4.23. The molecule has 1 aromatic rings. The van der Waals surface area contributed by atoms with Crippen molar-refractivity contribution < 1.29 is 14.3 Å². The molecule has 0 radical (unpaired) electrons. The van der Waals surface area contributed by atoms with Crippen LogP contribution in [0.25, 0.3) is 0 Å². The Morgan fingerprint density at radius 3 is 2.83 bits per heavy atom. The first kappa shape index (κ1) is 12.8. The minimum absolute atomic E-state index is 0.137. The van der Waals surface area contributed by atoms with Crippen molar-refractivity contribution in [3.05, 3.63) is 17.5 Å². The Kier molecular flexibility index (Phi) is 4.12. The van der Waals surface area contributed by atoms with Gasteiger partial charge in [0.15, 0.2) is 12.0 Å². The van der Waals surface area contributed by atoms with Crippen LogP contribution in [0.15, 0.2) is 6.20 Å². The van der Waals surface area contributed by atoms with Crippen molar-refractivity contribution in [2.45, 2.75) is 45.1 Å². The Hall–Kier alpha value is -1.65. The van der Waals surface area contributed by atoms with E-state index in [0.717, 1.165) is 12.8 Å². The maximum Gasteiger partial charge on any atom is 0.359 e. The molecule has 0 amide bonds. The van der Waals surface area contributed by atoms with Crippen molar-refractivity contribution >= 4 is 12.3 Å². The third kappa shape index (κ3) is 2.60. The van der Waals surface area contributed by atoms with Crippen LogP contribution in [0.4, 0.5) is 0 Å². The fraction of sp³-hybridized carbons (Fsp3) is 0.615. The summed E-state index contributed by atoms with van der Waals surface area (Å²) in [5.74, 6) is -0.519. The van der Waals surface area contributed by atoms with Gasteiger partial charge in [-0.15, -0.1) is 0 Å². The molecule has 2 rings (SSSR count). The Bertz CT molecular complexity index is 433. The van der Waals surface area contributed by atoms with Gasteiger partial charge in [-0.25, -0.2) is 4.79 Å². The van der Waals surface area contributed by atoms with Crippen LogP contribution in [0, 0.1) is 0 Å². The van der Waals surface area contributed by atoms with E-state index in [4.69, 9.17) is 4.74 Å². The molecule has 0 aliphatic heterocycles. The summed E-state index contributed by atoms with van der Waals surface area (Å²) in [6, 6.07) is 0.306. The molecule has 0 N–H and O–H groups in total. The lowest BCUT2D eigenvalue weighted by molar-refractivity contribution is 0.0515. The summed E-state index contributed by atoms with van der Waals surface area (Å²) >= 11 is 0. The first-order chi connectivity index (χ1) is 8.76.